The van der Waals surface area contributed by atoms with E-state index >= 15 is 0 Å². The van der Waals surface area contributed by atoms with Gasteiger partial charge in [0.1, 0.15) is 0 Å². The lowest BCUT2D eigenvalue weighted by atomic mass is 9.84. The molecule has 0 spiro atoms. The van der Waals surface area contributed by atoms with E-state index in [1.54, 1.807) is 5.54 Å². The molecule has 3 heteroatoms. The molecule has 0 unspecified atom stereocenters. The van der Waals surface area contributed by atoms with Gasteiger partial charge in [0.25, 0.3) is 0 Å². The summed E-state index contributed by atoms with van der Waals surface area (Å²) in [6, 6.07) is 0. The molecule has 1 N–H and O–H groups in total. The molecule has 0 atom stereocenters. The van der Waals surface area contributed by atoms with Gasteiger partial charge in [0, 0.05) is 36.2 Å². The van der Waals surface area contributed by atoms with E-state index in [2.05, 4.69) is 44.8 Å². The van der Waals surface area contributed by atoms with Crippen LogP contribution < -0.4 is 5.32 Å². The lowest BCUT2D eigenvalue weighted by molar-refractivity contribution is 0.0302. The first-order valence-corrected chi connectivity index (χ1v) is 7.08. The Kier molecular flexibility index (Phi) is 5.06. The van der Waals surface area contributed by atoms with Crippen LogP contribution in [-0.4, -0.2) is 35.6 Å². The second kappa shape index (κ2) is 5.73. The quantitative estimate of drug-likeness (QED) is 0.832. The Morgan fingerprint density at radius 1 is 1.35 bits per heavy atom. The van der Waals surface area contributed by atoms with Gasteiger partial charge in [-0.25, -0.2) is 0 Å². The summed E-state index contributed by atoms with van der Waals surface area (Å²) in [4.78, 5) is 2.56. The van der Waals surface area contributed by atoms with Gasteiger partial charge in [-0.1, -0.05) is 25.4 Å². The highest BCUT2D eigenvalue weighted by Crippen LogP contribution is 2.28. The highest BCUT2D eigenvalue weighted by Gasteiger charge is 2.40. The third-order valence-electron chi connectivity index (χ3n) is 4.23. The zero-order chi connectivity index (χ0) is 13.1. The van der Waals surface area contributed by atoms with Gasteiger partial charge >= 0.3 is 0 Å². The minimum Gasteiger partial charge on any atom is -0.308 e. The largest absolute Gasteiger partial charge is 0.308 e. The lowest BCUT2D eigenvalue weighted by Gasteiger charge is -2.52. The van der Waals surface area contributed by atoms with Crippen LogP contribution in [0.5, 0.6) is 0 Å². The molecular weight excluding hydrogens is 232 g/mol. The van der Waals surface area contributed by atoms with Crippen LogP contribution in [0.4, 0.5) is 0 Å². The molecule has 0 amide bonds. The van der Waals surface area contributed by atoms with Crippen molar-refractivity contribution in [2.24, 2.45) is 0 Å². The van der Waals surface area contributed by atoms with Crippen molar-refractivity contribution < 1.29 is 0 Å². The number of hydrogen-bond acceptors (Lipinski definition) is 2. The third kappa shape index (κ3) is 3.46. The average Bonchev–Trinajstić information content (AvgIpc) is 2.32. The Morgan fingerprint density at radius 2 is 1.94 bits per heavy atom. The number of hydrogen-bond donors (Lipinski definition) is 1. The summed E-state index contributed by atoms with van der Waals surface area (Å²) in [5.74, 6) is 0. The van der Waals surface area contributed by atoms with E-state index in [1.807, 2.05) is 0 Å². The smallest absolute Gasteiger partial charge is 0.0304 e. The topological polar surface area (TPSA) is 15.3 Å². The molecule has 1 aliphatic rings. The third-order valence-corrected chi connectivity index (χ3v) is 4.60. The molecule has 0 saturated carbocycles. The van der Waals surface area contributed by atoms with Gasteiger partial charge in [0.15, 0.2) is 0 Å². The maximum absolute atomic E-state index is 5.80. The standard InChI is InChI=1S/C14H27ClN2/c1-6-14(7-2)11-17(9-12(3)8-15)13(4,5)10-16-14/h8,16H,6-7,9-11H2,1-5H3. The molecule has 1 fully saturated rings. The molecule has 0 bridgehead atoms. The summed E-state index contributed by atoms with van der Waals surface area (Å²) < 4.78 is 0. The molecule has 100 valence electrons. The first-order chi connectivity index (χ1) is 7.89. The van der Waals surface area contributed by atoms with Crippen molar-refractivity contribution in [1.82, 2.24) is 10.2 Å². The van der Waals surface area contributed by atoms with Crippen LogP contribution in [0.15, 0.2) is 11.1 Å². The predicted octanol–water partition coefficient (Wildman–Crippen LogP) is 3.37. The summed E-state index contributed by atoms with van der Waals surface area (Å²) >= 11 is 5.80. The second-order valence-corrected chi connectivity index (χ2v) is 6.18. The summed E-state index contributed by atoms with van der Waals surface area (Å²) in [7, 11) is 0. The van der Waals surface area contributed by atoms with E-state index in [1.165, 1.54) is 18.4 Å². The van der Waals surface area contributed by atoms with Gasteiger partial charge in [-0.3, -0.25) is 4.90 Å². The molecule has 1 saturated heterocycles. The van der Waals surface area contributed by atoms with Crippen LogP contribution in [0.1, 0.15) is 47.5 Å². The van der Waals surface area contributed by atoms with Gasteiger partial charge in [0.05, 0.1) is 0 Å². The lowest BCUT2D eigenvalue weighted by Crippen LogP contribution is -2.67. The second-order valence-electron chi connectivity index (χ2n) is 5.96. The average molecular weight is 259 g/mol. The highest BCUT2D eigenvalue weighted by molar-refractivity contribution is 6.25. The summed E-state index contributed by atoms with van der Waals surface area (Å²) in [5.41, 5.74) is 3.43. The molecular formula is C14H27ClN2. The molecule has 2 nitrogen and oxygen atoms in total. The molecule has 17 heavy (non-hydrogen) atoms. The molecule has 0 radical (unpaired) electrons. The van der Waals surface area contributed by atoms with Crippen molar-refractivity contribution >= 4 is 11.6 Å². The van der Waals surface area contributed by atoms with Gasteiger partial charge in [-0.05, 0) is 39.2 Å². The molecule has 0 aromatic heterocycles. The van der Waals surface area contributed by atoms with E-state index < -0.39 is 0 Å². The van der Waals surface area contributed by atoms with Gasteiger partial charge in [0.2, 0.25) is 0 Å². The van der Waals surface area contributed by atoms with E-state index in [0.717, 1.165) is 19.6 Å². The van der Waals surface area contributed by atoms with Crippen LogP contribution in [0.3, 0.4) is 0 Å². The molecule has 1 aliphatic heterocycles. The normalized spacial score (nSPS) is 24.9. The van der Waals surface area contributed by atoms with Crippen molar-refractivity contribution in [2.45, 2.75) is 58.5 Å². The minimum absolute atomic E-state index is 0.203. The maximum Gasteiger partial charge on any atom is 0.0304 e. The van der Waals surface area contributed by atoms with Gasteiger partial charge in [-0.2, -0.15) is 0 Å². The minimum atomic E-state index is 0.203. The van der Waals surface area contributed by atoms with Crippen molar-refractivity contribution in [3.8, 4) is 0 Å². The van der Waals surface area contributed by atoms with E-state index in [4.69, 9.17) is 11.6 Å². The van der Waals surface area contributed by atoms with Gasteiger partial charge < -0.3 is 5.32 Å². The Balaban J connectivity index is 2.82. The number of piperazine rings is 1. The fraction of sp³-hybridized carbons (Fsp3) is 0.857. The number of halogens is 1. The SMILES string of the molecule is CCC1(CC)CN(CC(C)=CCl)C(C)(C)CN1. The Morgan fingerprint density at radius 3 is 2.41 bits per heavy atom. The monoisotopic (exact) mass is 258 g/mol. The van der Waals surface area contributed by atoms with Crippen molar-refractivity contribution in [1.29, 1.82) is 0 Å². The van der Waals surface area contributed by atoms with Crippen LogP contribution in [0.25, 0.3) is 0 Å². The van der Waals surface area contributed by atoms with Crippen LogP contribution in [0.2, 0.25) is 0 Å². The zero-order valence-corrected chi connectivity index (χ0v) is 12.7. The fourth-order valence-corrected chi connectivity index (χ4v) is 2.55. The Labute approximate surface area is 111 Å². The molecule has 0 aromatic carbocycles. The maximum atomic E-state index is 5.80. The predicted molar refractivity (Wildman–Crippen MR) is 76.6 cm³/mol. The van der Waals surface area contributed by atoms with E-state index in [-0.39, 0.29) is 11.1 Å². The number of nitrogens with zero attached hydrogens (tertiary/aromatic N) is 1. The first kappa shape index (κ1) is 15.0. The molecule has 0 aromatic rings. The Hall–Kier alpha value is -0.0500. The molecule has 1 heterocycles. The molecule has 0 aliphatic carbocycles. The first-order valence-electron chi connectivity index (χ1n) is 6.65. The highest BCUT2D eigenvalue weighted by atomic mass is 35.5. The Bertz CT molecular complexity index is 280. The van der Waals surface area contributed by atoms with Crippen LogP contribution in [0, 0.1) is 0 Å². The van der Waals surface area contributed by atoms with Crippen molar-refractivity contribution in [2.75, 3.05) is 19.6 Å². The van der Waals surface area contributed by atoms with E-state index in [9.17, 15) is 0 Å². The zero-order valence-electron chi connectivity index (χ0n) is 11.9. The summed E-state index contributed by atoms with van der Waals surface area (Å²) in [6.07, 6.45) is 2.36. The van der Waals surface area contributed by atoms with Crippen LogP contribution in [-0.2, 0) is 0 Å². The fourth-order valence-electron chi connectivity index (χ4n) is 2.48. The van der Waals surface area contributed by atoms with Crippen molar-refractivity contribution in [3.05, 3.63) is 11.1 Å². The summed E-state index contributed by atoms with van der Waals surface area (Å²) in [6.45, 7) is 14.4. The number of rotatable bonds is 4. The van der Waals surface area contributed by atoms with Crippen LogP contribution >= 0.6 is 11.6 Å². The van der Waals surface area contributed by atoms with Gasteiger partial charge in [-0.15, -0.1) is 0 Å². The summed E-state index contributed by atoms with van der Waals surface area (Å²) in [5, 5.41) is 3.75. The molecule has 1 rings (SSSR count). The number of nitrogens with one attached hydrogen (secondary N) is 1. The van der Waals surface area contributed by atoms with Crippen molar-refractivity contribution in [3.63, 3.8) is 0 Å². The van der Waals surface area contributed by atoms with E-state index in [0.29, 0.717) is 0 Å².